The quantitative estimate of drug-likeness (QED) is 0.611. The highest BCUT2D eigenvalue weighted by molar-refractivity contribution is 6.33. The van der Waals surface area contributed by atoms with Crippen LogP contribution in [-0.2, 0) is 0 Å². The molecule has 2 rings (SSSR count). The summed E-state index contributed by atoms with van der Waals surface area (Å²) in [5, 5.41) is 14.6. The zero-order valence-electron chi connectivity index (χ0n) is 13.1. The minimum absolute atomic E-state index is 0.0230. The molecule has 0 radical (unpaired) electrons. The molecular formula is C16H23ClN2O2. The van der Waals surface area contributed by atoms with Crippen molar-refractivity contribution >= 4 is 23.0 Å². The molecule has 0 spiro atoms. The number of hydrogen-bond acceptors (Lipinski definition) is 3. The highest BCUT2D eigenvalue weighted by Gasteiger charge is 2.38. The summed E-state index contributed by atoms with van der Waals surface area (Å²) in [4.78, 5) is 10.3. The highest BCUT2D eigenvalue weighted by Crippen LogP contribution is 2.46. The van der Waals surface area contributed by atoms with E-state index in [1.807, 2.05) is 0 Å². The van der Waals surface area contributed by atoms with Gasteiger partial charge < -0.3 is 5.32 Å². The third-order valence-electron chi connectivity index (χ3n) is 4.08. The summed E-state index contributed by atoms with van der Waals surface area (Å²) in [6.07, 6.45) is 3.35. The molecule has 0 bridgehead atoms. The van der Waals surface area contributed by atoms with Crippen LogP contribution in [-0.4, -0.2) is 11.0 Å². The van der Waals surface area contributed by atoms with E-state index in [0.29, 0.717) is 11.1 Å². The topological polar surface area (TPSA) is 55.2 Å². The van der Waals surface area contributed by atoms with Gasteiger partial charge in [-0.2, -0.15) is 0 Å². The molecule has 0 aliphatic heterocycles. The fourth-order valence-electron chi connectivity index (χ4n) is 3.90. The first-order valence-corrected chi connectivity index (χ1v) is 7.66. The van der Waals surface area contributed by atoms with Crippen molar-refractivity contribution < 1.29 is 4.92 Å². The summed E-state index contributed by atoms with van der Waals surface area (Å²) in [6.45, 7) is 9.17. The van der Waals surface area contributed by atoms with Crippen molar-refractivity contribution in [1.29, 1.82) is 0 Å². The van der Waals surface area contributed by atoms with Crippen LogP contribution in [0, 0.1) is 20.9 Å². The summed E-state index contributed by atoms with van der Waals surface area (Å²) < 4.78 is 0. The Bertz CT molecular complexity index is 539. The Morgan fingerprint density at radius 2 is 1.81 bits per heavy atom. The predicted molar refractivity (Wildman–Crippen MR) is 86.9 cm³/mol. The first-order valence-electron chi connectivity index (χ1n) is 7.29. The van der Waals surface area contributed by atoms with Crippen LogP contribution in [0.4, 0.5) is 11.4 Å². The Hall–Kier alpha value is -1.29. The van der Waals surface area contributed by atoms with Crippen LogP contribution < -0.4 is 5.32 Å². The molecule has 1 aliphatic carbocycles. The Balaban J connectivity index is 2.16. The molecule has 21 heavy (non-hydrogen) atoms. The van der Waals surface area contributed by atoms with Gasteiger partial charge in [0, 0.05) is 18.2 Å². The second-order valence-corrected chi connectivity index (χ2v) is 8.08. The van der Waals surface area contributed by atoms with Gasteiger partial charge in [0.05, 0.1) is 15.6 Å². The second-order valence-electron chi connectivity index (χ2n) is 7.68. The van der Waals surface area contributed by atoms with E-state index >= 15 is 0 Å². The molecule has 0 amide bonds. The third-order valence-corrected chi connectivity index (χ3v) is 4.39. The monoisotopic (exact) mass is 310 g/mol. The zero-order chi connectivity index (χ0) is 15.8. The molecule has 0 unspecified atom stereocenters. The smallest absolute Gasteiger partial charge is 0.271 e. The summed E-state index contributed by atoms with van der Waals surface area (Å²) in [5.41, 5.74) is 1.37. The largest absolute Gasteiger partial charge is 0.381 e. The Labute approximate surface area is 131 Å². The number of nitrogens with one attached hydrogen (secondary N) is 1. The van der Waals surface area contributed by atoms with E-state index in [2.05, 4.69) is 33.0 Å². The van der Waals surface area contributed by atoms with Crippen molar-refractivity contribution in [2.75, 3.05) is 5.32 Å². The van der Waals surface area contributed by atoms with E-state index < -0.39 is 4.92 Å². The van der Waals surface area contributed by atoms with Crippen molar-refractivity contribution in [1.82, 2.24) is 0 Å². The van der Waals surface area contributed by atoms with Crippen LogP contribution in [0.3, 0.4) is 0 Å². The van der Waals surface area contributed by atoms with E-state index in [4.69, 9.17) is 11.6 Å². The van der Waals surface area contributed by atoms with Crippen molar-refractivity contribution in [3.05, 3.63) is 33.3 Å². The lowest BCUT2D eigenvalue weighted by atomic mass is 9.63. The van der Waals surface area contributed by atoms with Crippen LogP contribution in [0.15, 0.2) is 18.2 Å². The Morgan fingerprint density at radius 3 is 2.29 bits per heavy atom. The maximum Gasteiger partial charge on any atom is 0.271 e. The number of halogens is 1. The van der Waals surface area contributed by atoms with E-state index in [-0.39, 0.29) is 16.5 Å². The SMILES string of the molecule is CC1(C)CC(Nc2ccc([N+](=O)[O-])cc2Cl)CC(C)(C)C1. The summed E-state index contributed by atoms with van der Waals surface area (Å²) >= 11 is 6.17. The number of hydrogen-bond donors (Lipinski definition) is 1. The van der Waals surface area contributed by atoms with Gasteiger partial charge in [-0.3, -0.25) is 10.1 Å². The van der Waals surface area contributed by atoms with Crippen molar-refractivity contribution in [2.24, 2.45) is 10.8 Å². The second kappa shape index (κ2) is 5.48. The van der Waals surface area contributed by atoms with Gasteiger partial charge in [-0.15, -0.1) is 0 Å². The molecule has 0 saturated heterocycles. The van der Waals surface area contributed by atoms with Crippen LogP contribution in [0.5, 0.6) is 0 Å². The lowest BCUT2D eigenvalue weighted by Gasteiger charge is -2.45. The van der Waals surface area contributed by atoms with Gasteiger partial charge in [-0.1, -0.05) is 39.3 Å². The molecule has 1 saturated carbocycles. The van der Waals surface area contributed by atoms with Gasteiger partial charge in [0.1, 0.15) is 0 Å². The van der Waals surface area contributed by atoms with Gasteiger partial charge >= 0.3 is 0 Å². The van der Waals surface area contributed by atoms with Crippen LogP contribution >= 0.6 is 11.6 Å². The van der Waals surface area contributed by atoms with Crippen LogP contribution in [0.25, 0.3) is 0 Å². The number of non-ortho nitro benzene ring substituents is 1. The first kappa shape index (κ1) is 16.1. The molecule has 4 nitrogen and oxygen atoms in total. The minimum atomic E-state index is -0.428. The average molecular weight is 311 g/mol. The van der Waals surface area contributed by atoms with Gasteiger partial charge in [0.25, 0.3) is 5.69 Å². The number of anilines is 1. The lowest BCUT2D eigenvalue weighted by Crippen LogP contribution is -2.40. The summed E-state index contributed by atoms with van der Waals surface area (Å²) in [6, 6.07) is 4.94. The van der Waals surface area contributed by atoms with Crippen molar-refractivity contribution in [2.45, 2.75) is 53.0 Å². The maximum absolute atomic E-state index is 10.8. The Kier molecular flexibility index (Phi) is 4.20. The maximum atomic E-state index is 10.8. The predicted octanol–water partition coefficient (Wildman–Crippen LogP) is 5.27. The minimum Gasteiger partial charge on any atom is -0.381 e. The van der Waals surface area contributed by atoms with E-state index in [1.165, 1.54) is 18.6 Å². The van der Waals surface area contributed by atoms with Gasteiger partial charge in [0.2, 0.25) is 0 Å². The standard InChI is InChI=1S/C16H23ClN2O2/c1-15(2)8-11(9-16(3,4)10-15)18-14-6-5-12(19(20)21)7-13(14)17/h5-7,11,18H,8-10H2,1-4H3. The van der Waals surface area contributed by atoms with Gasteiger partial charge in [-0.25, -0.2) is 0 Å². The molecule has 1 aromatic carbocycles. The molecule has 1 aromatic rings. The number of nitro benzene ring substituents is 1. The molecule has 0 atom stereocenters. The molecule has 1 aliphatic rings. The number of benzene rings is 1. The van der Waals surface area contributed by atoms with E-state index in [9.17, 15) is 10.1 Å². The highest BCUT2D eigenvalue weighted by atomic mass is 35.5. The number of nitro groups is 1. The first-order chi connectivity index (χ1) is 9.58. The Morgan fingerprint density at radius 1 is 1.24 bits per heavy atom. The fraction of sp³-hybridized carbons (Fsp3) is 0.625. The third kappa shape index (κ3) is 4.10. The average Bonchev–Trinajstić information content (AvgIpc) is 2.27. The van der Waals surface area contributed by atoms with Crippen molar-refractivity contribution in [3.63, 3.8) is 0 Å². The van der Waals surface area contributed by atoms with E-state index in [1.54, 1.807) is 6.07 Å². The zero-order valence-corrected chi connectivity index (χ0v) is 13.8. The van der Waals surface area contributed by atoms with Gasteiger partial charge in [0.15, 0.2) is 0 Å². The van der Waals surface area contributed by atoms with Gasteiger partial charge in [-0.05, 0) is 36.2 Å². The van der Waals surface area contributed by atoms with Crippen LogP contribution in [0.1, 0.15) is 47.0 Å². The molecular weight excluding hydrogens is 288 g/mol. The van der Waals surface area contributed by atoms with Crippen molar-refractivity contribution in [3.8, 4) is 0 Å². The normalized spacial score (nSPS) is 21.0. The number of nitrogens with zero attached hydrogens (tertiary/aromatic N) is 1. The summed E-state index contributed by atoms with van der Waals surface area (Å²) in [5.74, 6) is 0. The summed E-state index contributed by atoms with van der Waals surface area (Å²) in [7, 11) is 0. The molecule has 0 heterocycles. The molecule has 116 valence electrons. The molecule has 0 aromatic heterocycles. The number of rotatable bonds is 3. The van der Waals surface area contributed by atoms with Crippen LogP contribution in [0.2, 0.25) is 5.02 Å². The molecule has 1 fully saturated rings. The molecule has 1 N–H and O–H groups in total. The fourth-order valence-corrected chi connectivity index (χ4v) is 4.13. The lowest BCUT2D eigenvalue weighted by molar-refractivity contribution is -0.384. The van der Waals surface area contributed by atoms with E-state index in [0.717, 1.165) is 18.5 Å². The molecule has 5 heteroatoms.